The number of hydrogen-bond acceptors (Lipinski definition) is 4. The number of allylic oxidation sites excluding steroid dienone is 5. The summed E-state index contributed by atoms with van der Waals surface area (Å²) >= 11 is 0. The first kappa shape index (κ1) is 18.2. The van der Waals surface area contributed by atoms with Crippen molar-refractivity contribution in [2.45, 2.75) is 53.6 Å². The van der Waals surface area contributed by atoms with E-state index in [2.05, 4.69) is 0 Å². The number of aliphatic hydroxyl groups excluding tert-OH is 1. The van der Waals surface area contributed by atoms with Crippen molar-refractivity contribution in [3.8, 4) is 0 Å². The van der Waals surface area contributed by atoms with Gasteiger partial charge in [-0.05, 0) is 46.3 Å². The number of ether oxygens (including phenoxy) is 1. The van der Waals surface area contributed by atoms with E-state index in [-0.39, 0.29) is 28.8 Å². The normalized spacial score (nSPS) is 22.5. The summed E-state index contributed by atoms with van der Waals surface area (Å²) in [7, 11) is 0. The van der Waals surface area contributed by atoms with Crippen LogP contribution in [0, 0.1) is 11.8 Å². The van der Waals surface area contributed by atoms with Crippen molar-refractivity contribution in [3.63, 3.8) is 0 Å². The van der Waals surface area contributed by atoms with Crippen LogP contribution in [0.3, 0.4) is 0 Å². The summed E-state index contributed by atoms with van der Waals surface area (Å²) in [5.41, 5.74) is 0.891. The Hall–Kier alpha value is -2.10. The van der Waals surface area contributed by atoms with E-state index in [0.717, 1.165) is 5.57 Å². The molecule has 2 rings (SSSR count). The Balaban J connectivity index is 2.59. The third-order valence-corrected chi connectivity index (χ3v) is 4.19. The fourth-order valence-corrected chi connectivity index (χ4v) is 2.83. The molecule has 4 heteroatoms. The highest BCUT2D eigenvalue weighted by atomic mass is 16.5. The predicted molar refractivity (Wildman–Crippen MR) is 93.4 cm³/mol. The maximum absolute atomic E-state index is 13.0. The maximum Gasteiger partial charge on any atom is 0.181 e. The van der Waals surface area contributed by atoms with E-state index >= 15 is 0 Å². The number of rotatable bonds is 4. The first-order valence-corrected chi connectivity index (χ1v) is 8.33. The first-order chi connectivity index (χ1) is 11.0. The average Bonchev–Trinajstić information content (AvgIpc) is 2.45. The third kappa shape index (κ3) is 3.37. The molecule has 1 N–H and O–H groups in total. The highest BCUT2D eigenvalue weighted by Crippen LogP contribution is 2.40. The van der Waals surface area contributed by atoms with Gasteiger partial charge in [0.05, 0.1) is 11.5 Å². The van der Waals surface area contributed by atoms with E-state index < -0.39 is 11.5 Å². The molecule has 0 aromatic heterocycles. The van der Waals surface area contributed by atoms with Crippen LogP contribution in [0.1, 0.15) is 48.0 Å². The van der Waals surface area contributed by atoms with Crippen LogP contribution in [0.25, 0.3) is 0 Å². The lowest BCUT2D eigenvalue weighted by atomic mass is 9.78. The molecule has 0 aromatic carbocycles. The summed E-state index contributed by atoms with van der Waals surface area (Å²) in [6.07, 6.45) is 5.99. The molecule has 2 aliphatic rings. The fourth-order valence-electron chi connectivity index (χ4n) is 2.83. The van der Waals surface area contributed by atoms with Crippen LogP contribution in [0.15, 0.2) is 46.5 Å². The van der Waals surface area contributed by atoms with E-state index in [4.69, 9.17) is 4.74 Å². The lowest BCUT2D eigenvalue weighted by Gasteiger charge is -2.36. The molecule has 24 heavy (non-hydrogen) atoms. The quantitative estimate of drug-likeness (QED) is 0.620. The van der Waals surface area contributed by atoms with E-state index in [0.29, 0.717) is 17.8 Å². The first-order valence-electron chi connectivity index (χ1n) is 8.33. The summed E-state index contributed by atoms with van der Waals surface area (Å²) in [6.45, 7) is 11.2. The molecule has 1 atom stereocenters. The van der Waals surface area contributed by atoms with Crippen molar-refractivity contribution in [1.29, 1.82) is 0 Å². The molecule has 0 radical (unpaired) electrons. The van der Waals surface area contributed by atoms with E-state index in [1.807, 2.05) is 39.8 Å². The number of carbonyl (C=O) groups is 2. The van der Waals surface area contributed by atoms with Crippen molar-refractivity contribution in [1.82, 2.24) is 0 Å². The minimum Gasteiger partial charge on any atom is -0.506 e. The summed E-state index contributed by atoms with van der Waals surface area (Å²) in [4.78, 5) is 25.4. The number of ketones is 2. The Kier molecular flexibility index (Phi) is 4.88. The van der Waals surface area contributed by atoms with Gasteiger partial charge in [0.1, 0.15) is 22.7 Å². The van der Waals surface area contributed by atoms with Gasteiger partial charge in [-0.15, -0.1) is 0 Å². The number of carbonyl (C=O) groups excluding carboxylic acids is 2. The van der Waals surface area contributed by atoms with E-state index in [9.17, 15) is 14.7 Å². The van der Waals surface area contributed by atoms with Gasteiger partial charge >= 0.3 is 0 Å². The second-order valence-electron chi connectivity index (χ2n) is 7.49. The molecular formula is C20H26O4. The fraction of sp³-hybridized carbons (Fsp3) is 0.500. The predicted octanol–water partition coefficient (Wildman–Crippen LogP) is 4.20. The van der Waals surface area contributed by atoms with Crippen molar-refractivity contribution >= 4 is 11.6 Å². The van der Waals surface area contributed by atoms with Gasteiger partial charge in [-0.2, -0.15) is 0 Å². The molecule has 1 aliphatic carbocycles. The molecule has 1 aliphatic heterocycles. The Labute approximate surface area is 143 Å². The van der Waals surface area contributed by atoms with Crippen LogP contribution in [0.2, 0.25) is 0 Å². The number of hydrogen-bond donors (Lipinski definition) is 1. The van der Waals surface area contributed by atoms with Crippen molar-refractivity contribution < 1.29 is 19.4 Å². The van der Waals surface area contributed by atoms with Crippen LogP contribution in [0.5, 0.6) is 0 Å². The SMILES string of the molecule is CC(C)=CC[C@@H]1C(=O)C(C(=O)C(C)C)=C(O)C2=C1OC(C)(C)C=C2. The van der Waals surface area contributed by atoms with Gasteiger partial charge in [0, 0.05) is 5.92 Å². The van der Waals surface area contributed by atoms with Gasteiger partial charge < -0.3 is 9.84 Å². The minimum absolute atomic E-state index is 0.0936. The number of Topliss-reactive ketones (excluding diaryl/α,β-unsaturated/α-hetero) is 2. The van der Waals surface area contributed by atoms with Crippen molar-refractivity contribution in [3.05, 3.63) is 46.5 Å². The molecule has 4 nitrogen and oxygen atoms in total. The summed E-state index contributed by atoms with van der Waals surface area (Å²) in [5.74, 6) is -1.41. The van der Waals surface area contributed by atoms with Crippen LogP contribution in [0.4, 0.5) is 0 Å². The van der Waals surface area contributed by atoms with Gasteiger partial charge in [0.2, 0.25) is 0 Å². The molecule has 0 spiro atoms. The summed E-state index contributed by atoms with van der Waals surface area (Å²) < 4.78 is 5.99. The highest BCUT2D eigenvalue weighted by Gasteiger charge is 2.42. The monoisotopic (exact) mass is 330 g/mol. The summed E-state index contributed by atoms with van der Waals surface area (Å²) in [6, 6.07) is 0. The zero-order chi connectivity index (χ0) is 18.2. The van der Waals surface area contributed by atoms with Gasteiger partial charge in [0.25, 0.3) is 0 Å². The lowest BCUT2D eigenvalue weighted by Crippen LogP contribution is -2.36. The van der Waals surface area contributed by atoms with Gasteiger partial charge in [-0.3, -0.25) is 9.59 Å². The van der Waals surface area contributed by atoms with Gasteiger partial charge in [0.15, 0.2) is 11.6 Å². The molecule has 1 heterocycles. The number of aliphatic hydroxyl groups is 1. The molecule has 0 amide bonds. The van der Waals surface area contributed by atoms with Crippen LogP contribution in [-0.2, 0) is 14.3 Å². The van der Waals surface area contributed by atoms with Crippen LogP contribution in [-0.4, -0.2) is 22.3 Å². The molecule has 0 fully saturated rings. The summed E-state index contributed by atoms with van der Waals surface area (Å²) in [5, 5.41) is 10.6. The van der Waals surface area contributed by atoms with Crippen molar-refractivity contribution in [2.24, 2.45) is 11.8 Å². The Morgan fingerprint density at radius 1 is 1.38 bits per heavy atom. The Bertz CT molecular complexity index is 695. The third-order valence-electron chi connectivity index (χ3n) is 4.19. The van der Waals surface area contributed by atoms with Gasteiger partial charge in [-0.25, -0.2) is 0 Å². The van der Waals surface area contributed by atoms with Crippen LogP contribution < -0.4 is 0 Å². The second kappa shape index (κ2) is 6.42. The van der Waals surface area contributed by atoms with E-state index in [1.165, 1.54) is 0 Å². The van der Waals surface area contributed by atoms with Crippen molar-refractivity contribution in [2.75, 3.05) is 0 Å². The lowest BCUT2D eigenvalue weighted by molar-refractivity contribution is -0.126. The zero-order valence-electron chi connectivity index (χ0n) is 15.3. The topological polar surface area (TPSA) is 63.6 Å². The maximum atomic E-state index is 13.0. The highest BCUT2D eigenvalue weighted by molar-refractivity contribution is 6.23. The molecular weight excluding hydrogens is 304 g/mol. The molecule has 130 valence electrons. The van der Waals surface area contributed by atoms with Gasteiger partial charge in [-0.1, -0.05) is 25.5 Å². The largest absolute Gasteiger partial charge is 0.506 e. The molecule has 0 bridgehead atoms. The molecule has 0 unspecified atom stereocenters. The minimum atomic E-state index is -0.576. The Morgan fingerprint density at radius 3 is 2.54 bits per heavy atom. The standard InChI is InChI=1S/C20H26O4/c1-11(2)7-8-13-17(22)15(16(21)12(3)4)18(23)14-9-10-20(5,6)24-19(13)14/h7,9-10,12-13,23H,8H2,1-6H3/t13-/m1/s1. The molecule has 0 aromatic rings. The Morgan fingerprint density at radius 2 is 2.00 bits per heavy atom. The smallest absolute Gasteiger partial charge is 0.181 e. The van der Waals surface area contributed by atoms with Crippen LogP contribution >= 0.6 is 0 Å². The van der Waals surface area contributed by atoms with E-state index in [1.54, 1.807) is 19.9 Å². The molecule has 0 saturated carbocycles. The molecule has 0 saturated heterocycles. The zero-order valence-corrected chi connectivity index (χ0v) is 15.3. The second-order valence-corrected chi connectivity index (χ2v) is 7.49. The average molecular weight is 330 g/mol.